The van der Waals surface area contributed by atoms with Crippen molar-refractivity contribution in [1.29, 1.82) is 5.26 Å². The van der Waals surface area contributed by atoms with E-state index in [0.717, 1.165) is 0 Å². The maximum Gasteiger partial charge on any atom is 0.250 e. The van der Waals surface area contributed by atoms with Crippen LogP contribution in [0.3, 0.4) is 0 Å². The molecule has 0 aliphatic carbocycles. The molecule has 0 bridgehead atoms. The molecule has 1 atom stereocenters. The van der Waals surface area contributed by atoms with Gasteiger partial charge in [0, 0.05) is 18.6 Å². The Labute approximate surface area is 92.7 Å². The highest BCUT2D eigenvalue weighted by atomic mass is 31.2. The second kappa shape index (κ2) is 7.10. The Morgan fingerprint density at radius 3 is 2.00 bits per heavy atom. The summed E-state index contributed by atoms with van der Waals surface area (Å²) >= 11 is 0. The van der Waals surface area contributed by atoms with Crippen LogP contribution < -0.4 is 5.09 Å². The Balaban J connectivity index is 4.41. The van der Waals surface area contributed by atoms with Crippen molar-refractivity contribution < 1.29 is 9.79 Å². The minimum Gasteiger partial charge on any atom is -0.338 e. The van der Waals surface area contributed by atoms with E-state index in [0.29, 0.717) is 0 Å². The SMILES string of the molecule is CC(C)N(C(C)C)C(C#N)CNP(O)O. The van der Waals surface area contributed by atoms with Gasteiger partial charge in [0.25, 0.3) is 0 Å². The Morgan fingerprint density at radius 2 is 1.73 bits per heavy atom. The zero-order chi connectivity index (χ0) is 12.0. The van der Waals surface area contributed by atoms with Gasteiger partial charge in [-0.05, 0) is 27.7 Å². The average Bonchev–Trinajstić information content (AvgIpc) is 2.09. The quantitative estimate of drug-likeness (QED) is 0.591. The molecule has 0 saturated carbocycles. The van der Waals surface area contributed by atoms with Crippen LogP contribution in [0.4, 0.5) is 0 Å². The molecule has 0 saturated heterocycles. The summed E-state index contributed by atoms with van der Waals surface area (Å²) in [5.41, 5.74) is 0. The van der Waals surface area contributed by atoms with E-state index in [1.807, 2.05) is 32.6 Å². The van der Waals surface area contributed by atoms with Crippen molar-refractivity contribution in [1.82, 2.24) is 9.99 Å². The highest BCUT2D eigenvalue weighted by Gasteiger charge is 2.23. The highest BCUT2D eigenvalue weighted by Crippen LogP contribution is 2.17. The predicted octanol–water partition coefficient (Wildman–Crippen LogP) is 0.798. The van der Waals surface area contributed by atoms with Crippen molar-refractivity contribution in [3.63, 3.8) is 0 Å². The number of nitrogens with zero attached hydrogens (tertiary/aromatic N) is 2. The van der Waals surface area contributed by atoms with Gasteiger partial charge in [0.15, 0.2) is 0 Å². The lowest BCUT2D eigenvalue weighted by Gasteiger charge is -2.34. The van der Waals surface area contributed by atoms with Gasteiger partial charge < -0.3 is 9.79 Å². The third kappa shape index (κ3) is 5.41. The summed E-state index contributed by atoms with van der Waals surface area (Å²) in [7, 11) is -2.13. The fourth-order valence-electron chi connectivity index (χ4n) is 1.70. The molecule has 0 aromatic carbocycles. The van der Waals surface area contributed by atoms with Crippen LogP contribution in [0.2, 0.25) is 0 Å². The van der Waals surface area contributed by atoms with Crippen LogP contribution in [-0.2, 0) is 0 Å². The van der Waals surface area contributed by atoms with Crippen molar-refractivity contribution in [2.75, 3.05) is 6.54 Å². The van der Waals surface area contributed by atoms with Crippen LogP contribution in [0.1, 0.15) is 27.7 Å². The van der Waals surface area contributed by atoms with E-state index < -0.39 is 8.53 Å². The molecule has 0 rings (SSSR count). The molecule has 3 N–H and O–H groups in total. The first-order valence-electron chi connectivity index (χ1n) is 4.98. The second-order valence-corrected chi connectivity index (χ2v) is 4.83. The molecular formula is C9H20N3O2P. The number of hydrogen-bond donors (Lipinski definition) is 3. The fourth-order valence-corrected chi connectivity index (χ4v) is 2.04. The number of rotatable bonds is 6. The highest BCUT2D eigenvalue weighted by molar-refractivity contribution is 7.42. The van der Waals surface area contributed by atoms with E-state index in [1.54, 1.807) is 0 Å². The van der Waals surface area contributed by atoms with Gasteiger partial charge in [-0.2, -0.15) is 5.26 Å². The van der Waals surface area contributed by atoms with Crippen molar-refractivity contribution in [2.45, 2.75) is 45.8 Å². The summed E-state index contributed by atoms with van der Waals surface area (Å²) < 4.78 is 0. The van der Waals surface area contributed by atoms with Gasteiger partial charge in [-0.1, -0.05) is 0 Å². The van der Waals surface area contributed by atoms with Crippen LogP contribution in [0.5, 0.6) is 0 Å². The molecule has 0 amide bonds. The molecule has 88 valence electrons. The van der Waals surface area contributed by atoms with Gasteiger partial charge in [0.2, 0.25) is 8.53 Å². The molecule has 1 unspecified atom stereocenters. The van der Waals surface area contributed by atoms with Gasteiger partial charge in [-0.3, -0.25) is 4.90 Å². The monoisotopic (exact) mass is 233 g/mol. The molecular weight excluding hydrogens is 213 g/mol. The largest absolute Gasteiger partial charge is 0.338 e. The van der Waals surface area contributed by atoms with Gasteiger partial charge >= 0.3 is 0 Å². The number of nitrogens with one attached hydrogen (secondary N) is 1. The van der Waals surface area contributed by atoms with Crippen molar-refractivity contribution in [2.24, 2.45) is 0 Å². The maximum atomic E-state index is 9.02. The third-order valence-electron chi connectivity index (χ3n) is 2.13. The first-order valence-corrected chi connectivity index (χ1v) is 6.23. The molecule has 6 heteroatoms. The van der Waals surface area contributed by atoms with Crippen molar-refractivity contribution >= 4 is 8.53 Å². The molecule has 0 aliphatic rings. The van der Waals surface area contributed by atoms with E-state index in [2.05, 4.69) is 11.2 Å². The Morgan fingerprint density at radius 1 is 1.27 bits per heavy atom. The first-order chi connectivity index (χ1) is 6.90. The fraction of sp³-hybridized carbons (Fsp3) is 0.889. The lowest BCUT2D eigenvalue weighted by atomic mass is 10.1. The first kappa shape index (κ1) is 14.8. The third-order valence-corrected chi connectivity index (χ3v) is 2.59. The molecule has 0 aromatic heterocycles. The summed E-state index contributed by atoms with van der Waals surface area (Å²) in [6, 6.07) is 2.33. The molecule has 0 aliphatic heterocycles. The molecule has 5 nitrogen and oxygen atoms in total. The van der Waals surface area contributed by atoms with Crippen LogP contribution in [-0.4, -0.2) is 39.4 Å². The molecule has 0 heterocycles. The number of hydrogen-bond acceptors (Lipinski definition) is 5. The summed E-state index contributed by atoms with van der Waals surface area (Å²) in [6.45, 7) is 8.34. The minimum atomic E-state index is -2.13. The van der Waals surface area contributed by atoms with E-state index in [-0.39, 0.29) is 24.7 Å². The summed E-state index contributed by atoms with van der Waals surface area (Å²) in [4.78, 5) is 19.5. The standard InChI is InChI=1S/C9H20N3O2P/c1-7(2)12(8(3)4)9(5-10)6-11-15(13)14/h7-9,11,13-14H,6H2,1-4H3. The van der Waals surface area contributed by atoms with Crippen molar-refractivity contribution in [3.05, 3.63) is 0 Å². The molecule has 0 fully saturated rings. The van der Waals surface area contributed by atoms with Gasteiger partial charge in [0.05, 0.1) is 6.07 Å². The average molecular weight is 233 g/mol. The van der Waals surface area contributed by atoms with E-state index in [4.69, 9.17) is 15.0 Å². The van der Waals surface area contributed by atoms with Crippen LogP contribution in [0.25, 0.3) is 0 Å². The smallest absolute Gasteiger partial charge is 0.250 e. The van der Waals surface area contributed by atoms with Crippen LogP contribution in [0, 0.1) is 11.3 Å². The zero-order valence-electron chi connectivity index (χ0n) is 9.68. The second-order valence-electron chi connectivity index (χ2n) is 3.93. The zero-order valence-corrected chi connectivity index (χ0v) is 10.6. The van der Waals surface area contributed by atoms with E-state index >= 15 is 0 Å². The molecule has 15 heavy (non-hydrogen) atoms. The molecule has 0 aromatic rings. The Hall–Kier alpha value is -0.240. The van der Waals surface area contributed by atoms with E-state index in [1.165, 1.54) is 0 Å². The van der Waals surface area contributed by atoms with Gasteiger partial charge in [0.1, 0.15) is 6.04 Å². The lowest BCUT2D eigenvalue weighted by molar-refractivity contribution is 0.143. The summed E-state index contributed by atoms with van der Waals surface area (Å²) in [6.07, 6.45) is 0. The van der Waals surface area contributed by atoms with Crippen molar-refractivity contribution in [3.8, 4) is 6.07 Å². The Kier molecular flexibility index (Phi) is 6.99. The summed E-state index contributed by atoms with van der Waals surface area (Å²) in [5, 5.41) is 11.5. The molecule has 0 radical (unpaired) electrons. The topological polar surface area (TPSA) is 79.5 Å². The normalized spacial score (nSPS) is 13.9. The van der Waals surface area contributed by atoms with E-state index in [9.17, 15) is 0 Å². The van der Waals surface area contributed by atoms with Gasteiger partial charge in [-0.15, -0.1) is 0 Å². The predicted molar refractivity (Wildman–Crippen MR) is 60.9 cm³/mol. The molecule has 0 spiro atoms. The Bertz CT molecular complexity index is 208. The lowest BCUT2D eigenvalue weighted by Crippen LogP contribution is -2.48. The minimum absolute atomic E-state index is 0.250. The van der Waals surface area contributed by atoms with Crippen LogP contribution >= 0.6 is 8.53 Å². The van der Waals surface area contributed by atoms with Gasteiger partial charge in [-0.25, -0.2) is 5.09 Å². The number of nitriles is 1. The van der Waals surface area contributed by atoms with Crippen LogP contribution in [0.15, 0.2) is 0 Å². The summed E-state index contributed by atoms with van der Waals surface area (Å²) in [5.74, 6) is 0. The maximum absolute atomic E-state index is 9.02.